The summed E-state index contributed by atoms with van der Waals surface area (Å²) in [6.45, 7) is 8.70. The second kappa shape index (κ2) is 5.44. The molecule has 0 aromatic heterocycles. The summed E-state index contributed by atoms with van der Waals surface area (Å²) in [5.74, 6) is 0. The van der Waals surface area contributed by atoms with Gasteiger partial charge in [0.25, 0.3) is 0 Å². The zero-order valence-corrected chi connectivity index (χ0v) is 13.8. The second-order valence-electron chi connectivity index (χ2n) is 7.17. The molecule has 0 radical (unpaired) electrons. The van der Waals surface area contributed by atoms with E-state index in [4.69, 9.17) is 5.73 Å². The monoisotopic (exact) mass is 294 g/mol. The molecule has 2 nitrogen and oxygen atoms in total. The lowest BCUT2D eigenvalue weighted by Crippen LogP contribution is -2.46. The number of hydrogen-bond donors (Lipinski definition) is 1. The van der Waals surface area contributed by atoms with Gasteiger partial charge in [-0.25, -0.2) is 0 Å². The Hall–Kier alpha value is -1.80. The van der Waals surface area contributed by atoms with Crippen molar-refractivity contribution in [3.8, 4) is 0 Å². The molecule has 1 unspecified atom stereocenters. The van der Waals surface area contributed by atoms with Gasteiger partial charge in [0.05, 0.1) is 5.54 Å². The maximum Gasteiger partial charge on any atom is 0.0638 e. The molecule has 0 spiro atoms. The van der Waals surface area contributed by atoms with Gasteiger partial charge in [0, 0.05) is 17.6 Å². The summed E-state index contributed by atoms with van der Waals surface area (Å²) in [5, 5.41) is 0. The summed E-state index contributed by atoms with van der Waals surface area (Å²) in [6, 6.07) is 19.6. The van der Waals surface area contributed by atoms with Crippen molar-refractivity contribution in [1.82, 2.24) is 0 Å². The smallest absolute Gasteiger partial charge is 0.0638 e. The normalized spacial score (nSPS) is 18.8. The van der Waals surface area contributed by atoms with Crippen LogP contribution in [-0.2, 0) is 11.0 Å². The van der Waals surface area contributed by atoms with E-state index in [0.717, 1.165) is 13.0 Å². The van der Waals surface area contributed by atoms with Crippen LogP contribution >= 0.6 is 0 Å². The quantitative estimate of drug-likeness (QED) is 0.922. The van der Waals surface area contributed by atoms with Crippen LogP contribution in [0.3, 0.4) is 0 Å². The molecule has 2 N–H and O–H groups in total. The zero-order valence-electron chi connectivity index (χ0n) is 13.8. The number of anilines is 1. The molecule has 2 aromatic rings. The van der Waals surface area contributed by atoms with Crippen LogP contribution in [0.15, 0.2) is 54.6 Å². The minimum Gasteiger partial charge on any atom is -0.361 e. The summed E-state index contributed by atoms with van der Waals surface area (Å²) in [6.07, 6.45) is 0.946. The Bertz CT molecular complexity index is 648. The van der Waals surface area contributed by atoms with E-state index in [1.54, 1.807) is 0 Å². The summed E-state index contributed by atoms with van der Waals surface area (Å²) in [7, 11) is 0. The first-order valence-corrected chi connectivity index (χ1v) is 8.12. The summed E-state index contributed by atoms with van der Waals surface area (Å²) < 4.78 is 0. The number of fused-ring (bicyclic) bond motifs is 1. The maximum atomic E-state index is 5.98. The molecule has 0 aliphatic carbocycles. The van der Waals surface area contributed by atoms with Gasteiger partial charge in [0.2, 0.25) is 0 Å². The highest BCUT2D eigenvalue weighted by molar-refractivity contribution is 5.64. The predicted molar refractivity (Wildman–Crippen MR) is 94.3 cm³/mol. The fraction of sp³-hybridized carbons (Fsp3) is 0.400. The van der Waals surface area contributed by atoms with Crippen LogP contribution in [0.2, 0.25) is 0 Å². The molecule has 1 aliphatic rings. The molecule has 2 heteroatoms. The Morgan fingerprint density at radius 1 is 1.05 bits per heavy atom. The number of hydrogen-bond acceptors (Lipinski definition) is 2. The van der Waals surface area contributed by atoms with Gasteiger partial charge < -0.3 is 10.6 Å². The molecule has 0 amide bonds. The minimum absolute atomic E-state index is 0.0696. The molecule has 0 fully saturated rings. The number of para-hydroxylation sites is 1. The molecule has 0 saturated heterocycles. The van der Waals surface area contributed by atoms with Crippen molar-refractivity contribution in [2.24, 2.45) is 5.73 Å². The maximum absolute atomic E-state index is 5.98. The van der Waals surface area contributed by atoms with E-state index in [9.17, 15) is 0 Å². The van der Waals surface area contributed by atoms with Crippen LogP contribution in [0.25, 0.3) is 0 Å². The van der Waals surface area contributed by atoms with E-state index >= 15 is 0 Å². The van der Waals surface area contributed by atoms with Gasteiger partial charge in [0.15, 0.2) is 0 Å². The molecule has 116 valence electrons. The van der Waals surface area contributed by atoms with E-state index in [2.05, 4.69) is 80.3 Å². The average molecular weight is 294 g/mol. The van der Waals surface area contributed by atoms with Crippen molar-refractivity contribution in [2.45, 2.75) is 38.1 Å². The van der Waals surface area contributed by atoms with Crippen molar-refractivity contribution in [1.29, 1.82) is 0 Å². The molecule has 1 atom stereocenters. The molecular weight excluding hydrogens is 268 g/mol. The van der Waals surface area contributed by atoms with Crippen molar-refractivity contribution in [3.05, 3.63) is 65.7 Å². The fourth-order valence-electron chi connectivity index (χ4n) is 3.80. The third-order valence-electron chi connectivity index (χ3n) is 5.10. The minimum atomic E-state index is -0.0696. The first-order valence-electron chi connectivity index (χ1n) is 8.12. The number of nitrogens with zero attached hydrogens (tertiary/aromatic N) is 1. The van der Waals surface area contributed by atoms with Crippen LogP contribution in [0.4, 0.5) is 5.69 Å². The third kappa shape index (κ3) is 2.32. The molecular formula is C20H26N2. The van der Waals surface area contributed by atoms with Crippen LogP contribution < -0.4 is 10.6 Å². The van der Waals surface area contributed by atoms with Crippen LogP contribution in [0.5, 0.6) is 0 Å². The molecule has 2 aromatic carbocycles. The van der Waals surface area contributed by atoms with Crippen molar-refractivity contribution < 1.29 is 0 Å². The second-order valence-corrected chi connectivity index (χ2v) is 7.17. The van der Waals surface area contributed by atoms with Gasteiger partial charge in [-0.3, -0.25) is 0 Å². The Morgan fingerprint density at radius 3 is 2.36 bits per heavy atom. The molecule has 0 bridgehead atoms. The van der Waals surface area contributed by atoms with E-state index in [0.29, 0.717) is 6.54 Å². The Kier molecular flexibility index (Phi) is 3.73. The van der Waals surface area contributed by atoms with Gasteiger partial charge >= 0.3 is 0 Å². The Morgan fingerprint density at radius 2 is 1.68 bits per heavy atom. The van der Waals surface area contributed by atoms with Gasteiger partial charge in [-0.05, 0) is 37.1 Å². The predicted octanol–water partition coefficient (Wildman–Crippen LogP) is 4.05. The van der Waals surface area contributed by atoms with E-state index in [-0.39, 0.29) is 11.0 Å². The number of rotatable bonds is 4. The summed E-state index contributed by atoms with van der Waals surface area (Å²) in [4.78, 5) is 2.56. The van der Waals surface area contributed by atoms with Crippen molar-refractivity contribution in [2.75, 3.05) is 18.0 Å². The van der Waals surface area contributed by atoms with Crippen molar-refractivity contribution in [3.63, 3.8) is 0 Å². The first-order chi connectivity index (χ1) is 10.5. The van der Waals surface area contributed by atoms with Crippen LogP contribution in [0, 0.1) is 0 Å². The van der Waals surface area contributed by atoms with Gasteiger partial charge in [-0.2, -0.15) is 0 Å². The molecule has 22 heavy (non-hydrogen) atoms. The lowest BCUT2D eigenvalue weighted by Gasteiger charge is -2.42. The molecule has 0 saturated carbocycles. The first kappa shape index (κ1) is 15.1. The topological polar surface area (TPSA) is 29.3 Å². The van der Waals surface area contributed by atoms with E-state index in [1.165, 1.54) is 16.8 Å². The fourth-order valence-corrected chi connectivity index (χ4v) is 3.80. The highest BCUT2D eigenvalue weighted by atomic mass is 15.2. The lowest BCUT2D eigenvalue weighted by molar-refractivity contribution is 0.391. The SMILES string of the molecule is CC1(C)CN(C(C)(CCN)c2ccccc2)c2ccccc21. The van der Waals surface area contributed by atoms with Gasteiger partial charge in [-0.15, -0.1) is 0 Å². The summed E-state index contributed by atoms with van der Waals surface area (Å²) >= 11 is 0. The van der Waals surface area contributed by atoms with Gasteiger partial charge in [0.1, 0.15) is 0 Å². The lowest BCUT2D eigenvalue weighted by atomic mass is 9.85. The van der Waals surface area contributed by atoms with Crippen LogP contribution in [0.1, 0.15) is 38.3 Å². The highest BCUT2D eigenvalue weighted by Crippen LogP contribution is 2.47. The average Bonchev–Trinajstić information content (AvgIpc) is 2.81. The summed E-state index contributed by atoms with van der Waals surface area (Å²) in [5.41, 5.74) is 10.2. The highest BCUT2D eigenvalue weighted by Gasteiger charge is 2.43. The van der Waals surface area contributed by atoms with E-state index < -0.39 is 0 Å². The third-order valence-corrected chi connectivity index (χ3v) is 5.10. The van der Waals surface area contributed by atoms with Crippen molar-refractivity contribution >= 4 is 5.69 Å². The van der Waals surface area contributed by atoms with Crippen LogP contribution in [-0.4, -0.2) is 13.1 Å². The Labute approximate surface area is 134 Å². The molecule has 1 heterocycles. The Balaban J connectivity index is 2.11. The van der Waals surface area contributed by atoms with Gasteiger partial charge in [-0.1, -0.05) is 62.4 Å². The largest absolute Gasteiger partial charge is 0.361 e. The number of nitrogens with two attached hydrogens (primary N) is 1. The number of benzene rings is 2. The molecule has 3 rings (SSSR count). The molecule has 1 aliphatic heterocycles. The van der Waals surface area contributed by atoms with E-state index in [1.807, 2.05) is 0 Å². The zero-order chi connectivity index (χ0) is 15.8. The standard InChI is InChI=1S/C20H26N2/c1-19(2)15-22(18-12-8-7-11-17(18)19)20(3,13-14-21)16-9-5-4-6-10-16/h4-12H,13-15,21H2,1-3H3.